The van der Waals surface area contributed by atoms with Crippen molar-refractivity contribution >= 4 is 40.4 Å². The molecule has 0 radical (unpaired) electrons. The van der Waals surface area contributed by atoms with Crippen LogP contribution in [0.15, 0.2) is 29.6 Å². The van der Waals surface area contributed by atoms with Gasteiger partial charge in [-0.3, -0.25) is 9.59 Å². The van der Waals surface area contributed by atoms with E-state index in [1.165, 1.54) is 11.3 Å². The molecule has 1 heterocycles. The highest BCUT2D eigenvalue weighted by molar-refractivity contribution is 7.12. The third-order valence-electron chi connectivity index (χ3n) is 3.99. The molecule has 2 amide bonds. The smallest absolute Gasteiger partial charge is 0.266 e. The topological polar surface area (TPSA) is 58.6 Å². The van der Waals surface area contributed by atoms with Gasteiger partial charge in [0, 0.05) is 18.8 Å². The second-order valence-electron chi connectivity index (χ2n) is 5.58. The van der Waals surface area contributed by atoms with Gasteiger partial charge in [-0.05, 0) is 55.5 Å². The minimum atomic E-state index is -0.154. The van der Waals surface area contributed by atoms with Gasteiger partial charge in [-0.15, -0.1) is 11.3 Å². The van der Waals surface area contributed by atoms with Gasteiger partial charge in [0.1, 0.15) is 5.75 Å². The lowest BCUT2D eigenvalue weighted by atomic mass is 10.2. The maximum absolute atomic E-state index is 12.4. The molecule has 1 aromatic heterocycles. The molecule has 0 saturated heterocycles. The van der Waals surface area contributed by atoms with Gasteiger partial charge in [0.05, 0.1) is 9.90 Å². The summed E-state index contributed by atoms with van der Waals surface area (Å²) in [6.07, 6.45) is 0.806. The van der Waals surface area contributed by atoms with Crippen molar-refractivity contribution in [3.05, 3.63) is 45.1 Å². The van der Waals surface area contributed by atoms with Gasteiger partial charge in [-0.25, -0.2) is 0 Å². The lowest BCUT2D eigenvalue weighted by molar-refractivity contribution is -0.132. The lowest BCUT2D eigenvalue weighted by Gasteiger charge is -2.19. The van der Waals surface area contributed by atoms with Gasteiger partial charge >= 0.3 is 0 Å². The Morgan fingerprint density at radius 1 is 1.19 bits per heavy atom. The van der Waals surface area contributed by atoms with Crippen LogP contribution in [0.25, 0.3) is 0 Å². The largest absolute Gasteiger partial charge is 0.482 e. The van der Waals surface area contributed by atoms with Crippen LogP contribution in [-0.4, -0.2) is 36.4 Å². The fourth-order valence-electron chi connectivity index (χ4n) is 2.50. The summed E-state index contributed by atoms with van der Waals surface area (Å²) in [7, 11) is 0. The minimum absolute atomic E-state index is 0.0673. The summed E-state index contributed by atoms with van der Waals surface area (Å²) in [4.78, 5) is 26.8. The highest BCUT2D eigenvalue weighted by Gasteiger charge is 2.14. The van der Waals surface area contributed by atoms with E-state index in [9.17, 15) is 9.59 Å². The van der Waals surface area contributed by atoms with E-state index in [2.05, 4.69) is 5.32 Å². The number of likely N-dealkylation sites (N-methyl/N-ethyl adjacent to an activating group) is 1. The van der Waals surface area contributed by atoms with E-state index in [-0.39, 0.29) is 18.4 Å². The SMILES string of the molecule is CCc1ccsc1C(=O)Nc1ccc(OCC(=O)N(CC)CC)c(Cl)c1. The predicted octanol–water partition coefficient (Wildman–Crippen LogP) is 4.46. The number of anilines is 1. The Labute approximate surface area is 162 Å². The zero-order chi connectivity index (χ0) is 19.1. The third-order valence-corrected chi connectivity index (χ3v) is 5.24. The molecule has 0 aliphatic heterocycles. The predicted molar refractivity (Wildman–Crippen MR) is 107 cm³/mol. The average Bonchev–Trinajstić information content (AvgIpc) is 3.11. The van der Waals surface area contributed by atoms with Crippen molar-refractivity contribution in [3.8, 4) is 5.75 Å². The molecular formula is C19H23ClN2O3S. The molecule has 140 valence electrons. The van der Waals surface area contributed by atoms with Crippen LogP contribution in [0.4, 0.5) is 5.69 Å². The van der Waals surface area contributed by atoms with Gasteiger partial charge in [-0.2, -0.15) is 0 Å². The molecule has 0 atom stereocenters. The highest BCUT2D eigenvalue weighted by Crippen LogP contribution is 2.28. The molecule has 0 aliphatic rings. The van der Waals surface area contributed by atoms with Crippen LogP contribution in [-0.2, 0) is 11.2 Å². The fraction of sp³-hybridized carbons (Fsp3) is 0.368. The Morgan fingerprint density at radius 2 is 1.92 bits per heavy atom. The summed E-state index contributed by atoms with van der Waals surface area (Å²) in [6.45, 7) is 7.07. The van der Waals surface area contributed by atoms with Crippen LogP contribution in [0.1, 0.15) is 36.0 Å². The van der Waals surface area contributed by atoms with Crippen LogP contribution in [0.3, 0.4) is 0 Å². The van der Waals surface area contributed by atoms with Gasteiger partial charge < -0.3 is 15.0 Å². The van der Waals surface area contributed by atoms with Crippen LogP contribution >= 0.6 is 22.9 Å². The van der Waals surface area contributed by atoms with E-state index < -0.39 is 0 Å². The lowest BCUT2D eigenvalue weighted by Crippen LogP contribution is -2.34. The molecule has 7 heteroatoms. The summed E-state index contributed by atoms with van der Waals surface area (Å²) in [5.74, 6) is 0.169. The van der Waals surface area contributed by atoms with Crippen LogP contribution in [0.5, 0.6) is 5.75 Å². The molecule has 0 saturated carbocycles. The normalized spacial score (nSPS) is 10.5. The Balaban J connectivity index is 2.01. The number of carbonyl (C=O) groups is 2. The second kappa shape index (κ2) is 9.59. The Bertz CT molecular complexity index is 772. The van der Waals surface area contributed by atoms with Gasteiger partial charge in [0.15, 0.2) is 6.61 Å². The molecule has 0 bridgehead atoms. The molecule has 2 rings (SSSR count). The summed E-state index contributed by atoms with van der Waals surface area (Å²) in [5.41, 5.74) is 1.60. The number of aryl methyl sites for hydroxylation is 1. The van der Waals surface area contributed by atoms with E-state index in [0.717, 1.165) is 12.0 Å². The number of carbonyl (C=O) groups excluding carboxylic acids is 2. The zero-order valence-electron chi connectivity index (χ0n) is 15.2. The average molecular weight is 395 g/mol. The van der Waals surface area contributed by atoms with Crippen molar-refractivity contribution in [3.63, 3.8) is 0 Å². The number of rotatable bonds is 8. The van der Waals surface area contributed by atoms with Crippen molar-refractivity contribution in [2.24, 2.45) is 0 Å². The molecule has 5 nitrogen and oxygen atoms in total. The summed E-state index contributed by atoms with van der Waals surface area (Å²) >= 11 is 7.64. The van der Waals surface area contributed by atoms with E-state index in [1.54, 1.807) is 23.1 Å². The first-order valence-corrected chi connectivity index (χ1v) is 9.83. The first kappa shape index (κ1) is 20.3. The van der Waals surface area contributed by atoms with Gasteiger partial charge in [-0.1, -0.05) is 18.5 Å². The zero-order valence-corrected chi connectivity index (χ0v) is 16.7. The Morgan fingerprint density at radius 3 is 2.54 bits per heavy atom. The standard InChI is InChI=1S/C19H23ClN2O3S/c1-4-13-9-10-26-18(13)19(24)21-14-7-8-16(15(20)11-14)25-12-17(23)22(5-2)6-3/h7-11H,4-6,12H2,1-3H3,(H,21,24). The van der Waals surface area contributed by atoms with E-state index in [1.807, 2.05) is 32.2 Å². The van der Waals surface area contributed by atoms with E-state index >= 15 is 0 Å². The summed E-state index contributed by atoms with van der Waals surface area (Å²) in [5, 5.41) is 5.10. The molecule has 0 spiro atoms. The van der Waals surface area contributed by atoms with Crippen molar-refractivity contribution in [1.29, 1.82) is 0 Å². The number of thiophene rings is 1. The number of nitrogens with zero attached hydrogens (tertiary/aromatic N) is 1. The van der Waals surface area contributed by atoms with E-state index in [4.69, 9.17) is 16.3 Å². The van der Waals surface area contributed by atoms with Gasteiger partial charge in [0.25, 0.3) is 11.8 Å². The number of hydrogen-bond acceptors (Lipinski definition) is 4. The second-order valence-corrected chi connectivity index (χ2v) is 6.91. The highest BCUT2D eigenvalue weighted by atomic mass is 35.5. The number of benzene rings is 1. The van der Waals surface area contributed by atoms with Crippen molar-refractivity contribution in [1.82, 2.24) is 4.90 Å². The Kier molecular flexibility index (Phi) is 7.48. The number of halogens is 1. The quantitative estimate of drug-likeness (QED) is 0.718. The van der Waals surface area contributed by atoms with Crippen LogP contribution in [0, 0.1) is 0 Å². The maximum Gasteiger partial charge on any atom is 0.266 e. The minimum Gasteiger partial charge on any atom is -0.482 e. The monoisotopic (exact) mass is 394 g/mol. The van der Waals surface area contributed by atoms with Gasteiger partial charge in [0.2, 0.25) is 0 Å². The molecule has 2 aromatic rings. The summed E-state index contributed by atoms with van der Waals surface area (Å²) in [6, 6.07) is 6.94. The number of amides is 2. The molecule has 0 aliphatic carbocycles. The molecule has 1 aromatic carbocycles. The first-order chi connectivity index (χ1) is 12.5. The fourth-order valence-corrected chi connectivity index (χ4v) is 3.63. The third kappa shape index (κ3) is 4.99. The van der Waals surface area contributed by atoms with Crippen LogP contribution < -0.4 is 10.1 Å². The molecule has 0 fully saturated rings. The summed E-state index contributed by atoms with van der Waals surface area (Å²) < 4.78 is 5.52. The molecule has 26 heavy (non-hydrogen) atoms. The Hall–Kier alpha value is -2.05. The number of ether oxygens (including phenoxy) is 1. The molecular weight excluding hydrogens is 372 g/mol. The molecule has 1 N–H and O–H groups in total. The van der Waals surface area contributed by atoms with Crippen LogP contribution in [0.2, 0.25) is 5.02 Å². The van der Waals surface area contributed by atoms with Crippen molar-refractivity contribution in [2.45, 2.75) is 27.2 Å². The van der Waals surface area contributed by atoms with Crippen molar-refractivity contribution < 1.29 is 14.3 Å². The first-order valence-electron chi connectivity index (χ1n) is 8.57. The maximum atomic E-state index is 12.4. The van der Waals surface area contributed by atoms with E-state index in [0.29, 0.717) is 34.4 Å². The van der Waals surface area contributed by atoms with Crippen molar-refractivity contribution in [2.75, 3.05) is 25.0 Å². The molecule has 0 unspecified atom stereocenters. The number of nitrogens with one attached hydrogen (secondary N) is 1. The number of hydrogen-bond donors (Lipinski definition) is 1.